The Morgan fingerprint density at radius 1 is 1.07 bits per heavy atom. The minimum absolute atomic E-state index is 0.124. The number of halogens is 2. The van der Waals surface area contributed by atoms with Crippen molar-refractivity contribution >= 4 is 47.1 Å². The number of anilines is 5. The molecule has 0 bridgehead atoms. The van der Waals surface area contributed by atoms with E-state index < -0.39 is 34.3 Å². The van der Waals surface area contributed by atoms with Crippen molar-refractivity contribution in [2.45, 2.75) is 31.8 Å². The first-order valence-corrected chi connectivity index (χ1v) is 19.2. The molecule has 0 atom stereocenters. The molecule has 0 saturated carbocycles. The molecular formula is C39H46F2N11O7+. The maximum Gasteiger partial charge on any atom is 0.368 e. The number of hydrogen-bond acceptors (Lipinski definition) is 13. The van der Waals surface area contributed by atoms with Gasteiger partial charge in [0.1, 0.15) is 30.1 Å². The number of methoxy groups -OCH3 is 2. The summed E-state index contributed by atoms with van der Waals surface area (Å²) in [5.41, 5.74) is 1.37. The molecule has 20 heteroatoms. The second kappa shape index (κ2) is 17.3. The number of piperidine rings is 1. The summed E-state index contributed by atoms with van der Waals surface area (Å²) in [5.74, 6) is -2.22. The van der Waals surface area contributed by atoms with E-state index in [4.69, 9.17) is 19.2 Å². The molecule has 2 saturated heterocycles. The minimum atomic E-state index is -1.08. The van der Waals surface area contributed by atoms with Crippen molar-refractivity contribution in [1.82, 2.24) is 19.9 Å². The first-order valence-electron chi connectivity index (χ1n) is 19.2. The number of ether oxygens (including phenoxy) is 3. The molecule has 2 aromatic heterocycles. The number of likely N-dealkylation sites (tertiary alicyclic amines) is 1. The fourth-order valence-electron chi connectivity index (χ4n) is 7.64. The van der Waals surface area contributed by atoms with E-state index in [0.717, 1.165) is 29.7 Å². The molecule has 18 nitrogen and oxygen atoms in total. The number of amides is 3. The number of urea groups is 1. The summed E-state index contributed by atoms with van der Waals surface area (Å²) in [6.07, 6.45) is 9.11. The summed E-state index contributed by atoms with van der Waals surface area (Å²) >= 11 is 0. The number of rotatable bonds is 13. The number of aromatic nitrogens is 3. The van der Waals surface area contributed by atoms with Crippen LogP contribution in [0.15, 0.2) is 59.1 Å². The van der Waals surface area contributed by atoms with Crippen molar-refractivity contribution < 1.29 is 42.0 Å². The number of hydrogen-bond donors (Lipinski definition) is 1. The predicted molar refractivity (Wildman–Crippen MR) is 214 cm³/mol. The Bertz CT molecular complexity index is 2160. The number of aliphatic imine (C=N–C) groups is 1. The average molecular weight is 819 g/mol. The van der Waals surface area contributed by atoms with Crippen LogP contribution >= 0.6 is 0 Å². The summed E-state index contributed by atoms with van der Waals surface area (Å²) in [6, 6.07) is 3.57. The number of morpholine rings is 1. The van der Waals surface area contributed by atoms with Gasteiger partial charge in [-0.25, -0.2) is 23.5 Å². The summed E-state index contributed by atoms with van der Waals surface area (Å²) < 4.78 is 47.9. The number of nitro groups is 1. The lowest BCUT2D eigenvalue weighted by Crippen LogP contribution is -2.56. The van der Waals surface area contributed by atoms with E-state index in [1.807, 2.05) is 20.2 Å². The Morgan fingerprint density at radius 3 is 2.42 bits per heavy atom. The van der Waals surface area contributed by atoms with Gasteiger partial charge in [0.15, 0.2) is 23.1 Å². The molecule has 59 heavy (non-hydrogen) atoms. The second-order valence-electron chi connectivity index (χ2n) is 15.1. The van der Waals surface area contributed by atoms with Gasteiger partial charge in [-0.3, -0.25) is 14.6 Å². The van der Waals surface area contributed by atoms with E-state index in [1.54, 1.807) is 23.2 Å². The molecule has 0 radical (unpaired) electrons. The smallest absolute Gasteiger partial charge is 0.368 e. The molecule has 0 unspecified atom stereocenters. The number of nitrogens with zero attached hydrogens (tertiary/aromatic N) is 10. The molecule has 4 aliphatic rings. The summed E-state index contributed by atoms with van der Waals surface area (Å²) in [5, 5.41) is 14.5. The van der Waals surface area contributed by atoms with Crippen LogP contribution in [0, 0.1) is 21.7 Å². The van der Waals surface area contributed by atoms with Crippen molar-refractivity contribution in [3.8, 4) is 11.5 Å². The van der Waals surface area contributed by atoms with E-state index in [2.05, 4.69) is 25.2 Å². The Morgan fingerprint density at radius 2 is 1.78 bits per heavy atom. The number of pyridine rings is 1. The molecular weight excluding hydrogens is 772 g/mol. The van der Waals surface area contributed by atoms with E-state index in [0.29, 0.717) is 67.0 Å². The Balaban J connectivity index is 1.10. The number of likely N-dealkylation sites (N-methyl/N-ethyl adjacent to an activating group) is 1. The van der Waals surface area contributed by atoms with Gasteiger partial charge >= 0.3 is 11.9 Å². The van der Waals surface area contributed by atoms with E-state index in [9.17, 15) is 19.7 Å². The lowest BCUT2D eigenvalue weighted by Gasteiger charge is -2.43. The first-order chi connectivity index (χ1) is 28.4. The monoisotopic (exact) mass is 818 g/mol. The van der Waals surface area contributed by atoms with Crippen molar-refractivity contribution in [3.05, 3.63) is 81.5 Å². The highest BCUT2D eigenvalue weighted by Gasteiger charge is 2.42. The third-order valence-corrected chi connectivity index (χ3v) is 10.7. The fraction of sp³-hybridized carbons (Fsp3) is 0.436. The fourth-order valence-corrected chi connectivity index (χ4v) is 7.64. The maximum absolute atomic E-state index is 15.9. The first kappa shape index (κ1) is 40.9. The van der Waals surface area contributed by atoms with Gasteiger partial charge in [0.05, 0.1) is 72.1 Å². The van der Waals surface area contributed by atoms with Gasteiger partial charge in [-0.15, -0.1) is 0 Å². The molecule has 0 aliphatic carbocycles. The van der Waals surface area contributed by atoms with Crippen LogP contribution in [0.1, 0.15) is 24.8 Å². The number of carbonyl (C=O) groups excluding carboxylic acids is 2. The van der Waals surface area contributed by atoms with Gasteiger partial charge in [-0.2, -0.15) is 4.98 Å². The Hall–Kier alpha value is -6.28. The number of fused-ring (bicyclic) bond motifs is 1. The van der Waals surface area contributed by atoms with Crippen molar-refractivity contribution in [2.75, 3.05) is 101 Å². The lowest BCUT2D eigenvalue weighted by molar-refractivity contribution is -0.880. The van der Waals surface area contributed by atoms with Crippen LogP contribution in [0.25, 0.3) is 0 Å². The molecule has 3 aromatic rings. The Labute approximate surface area is 339 Å². The SMILES string of the molecule is COc1cc(OC)c(F)c(N2Cc3cnc(Nc4ccc(N5CCOCC5)cn4)nc3N(C3CCN(C(=O)/C=C/C[N+](C)(C)CC4=C([N+](=O)[O-])N=CC4)CC3)C2=O)c1F. The van der Waals surface area contributed by atoms with E-state index >= 15 is 8.78 Å². The lowest BCUT2D eigenvalue weighted by atomic mass is 10.0. The number of carbonyl (C=O) groups is 2. The van der Waals surface area contributed by atoms with Crippen molar-refractivity contribution in [1.29, 1.82) is 0 Å². The molecule has 6 heterocycles. The zero-order valence-corrected chi connectivity index (χ0v) is 33.3. The van der Waals surface area contributed by atoms with Gasteiger partial charge in [-0.1, -0.05) is 4.99 Å². The Kier molecular flexibility index (Phi) is 12.0. The number of quaternary nitrogens is 1. The quantitative estimate of drug-likeness (QED) is 0.112. The van der Waals surface area contributed by atoms with E-state index in [1.165, 1.54) is 37.6 Å². The van der Waals surface area contributed by atoms with Crippen LogP contribution < -0.4 is 29.5 Å². The van der Waals surface area contributed by atoms with Crippen LogP contribution in [0.2, 0.25) is 0 Å². The highest BCUT2D eigenvalue weighted by atomic mass is 19.1. The average Bonchev–Trinajstić information content (AvgIpc) is 3.69. The van der Waals surface area contributed by atoms with Crippen molar-refractivity contribution in [3.63, 3.8) is 0 Å². The summed E-state index contributed by atoms with van der Waals surface area (Å²) in [7, 11) is 6.30. The highest BCUT2D eigenvalue weighted by Crippen LogP contribution is 2.42. The van der Waals surface area contributed by atoms with Crippen LogP contribution in [-0.2, 0) is 16.1 Å². The molecule has 3 amide bonds. The van der Waals surface area contributed by atoms with Crippen molar-refractivity contribution in [2.24, 2.45) is 4.99 Å². The minimum Gasteiger partial charge on any atom is -0.493 e. The largest absolute Gasteiger partial charge is 0.493 e. The molecule has 1 N–H and O–H groups in total. The second-order valence-corrected chi connectivity index (χ2v) is 15.1. The standard InChI is InChI=1S/C39H46F2N11O7/c1-52(2,24-25-9-12-42-36(25)51(55)56)17-5-6-32(53)48-13-10-27(11-14-48)50-37-26(23-49(39(50)54)35-33(40)29(57-3)20-30(58-4)34(35)41)21-44-38(46-37)45-31-8-7-28(22-43-31)47-15-18-59-19-16-47/h5-8,12,20-22,27H,9-11,13-19,23-24H2,1-4H3,(H,43,44,45,46)/q+1/b6-5+. The molecule has 2 fully saturated rings. The molecule has 0 spiro atoms. The highest BCUT2D eigenvalue weighted by molar-refractivity contribution is 6.06. The van der Waals surface area contributed by atoms with Crippen LogP contribution in [0.4, 0.5) is 42.5 Å². The molecule has 312 valence electrons. The number of benzene rings is 1. The summed E-state index contributed by atoms with van der Waals surface area (Å²) in [4.78, 5) is 62.7. The third-order valence-electron chi connectivity index (χ3n) is 10.7. The van der Waals surface area contributed by atoms with Gasteiger partial charge < -0.3 is 43.9 Å². The molecule has 1 aromatic carbocycles. The zero-order valence-electron chi connectivity index (χ0n) is 33.3. The van der Waals surface area contributed by atoms with Crippen LogP contribution in [-0.4, -0.2) is 134 Å². The molecule has 7 rings (SSSR count). The van der Waals surface area contributed by atoms with Gasteiger partial charge in [0, 0.05) is 62.5 Å². The van der Waals surface area contributed by atoms with Crippen LogP contribution in [0.5, 0.6) is 11.5 Å². The maximum atomic E-state index is 15.9. The van der Waals surface area contributed by atoms with Gasteiger partial charge in [-0.05, 0) is 36.0 Å². The van der Waals surface area contributed by atoms with Gasteiger partial charge in [0.25, 0.3) is 0 Å². The normalized spacial score (nSPS) is 17.6. The number of nitrogens with one attached hydrogen (secondary N) is 1. The topological polar surface area (TPSA) is 181 Å². The molecule has 4 aliphatic heterocycles. The van der Waals surface area contributed by atoms with E-state index in [-0.39, 0.29) is 54.6 Å². The van der Waals surface area contributed by atoms with Crippen LogP contribution in [0.3, 0.4) is 0 Å². The summed E-state index contributed by atoms with van der Waals surface area (Å²) in [6.45, 7) is 3.94. The predicted octanol–water partition coefficient (Wildman–Crippen LogP) is 4.28. The van der Waals surface area contributed by atoms with Gasteiger partial charge in [0.2, 0.25) is 11.9 Å². The third kappa shape index (κ3) is 8.77. The zero-order chi connectivity index (χ0) is 41.8.